The van der Waals surface area contributed by atoms with Gasteiger partial charge in [-0.25, -0.2) is 0 Å². The molecule has 6 nitrogen and oxygen atoms in total. The summed E-state index contributed by atoms with van der Waals surface area (Å²) in [6.45, 7) is 1.92. The van der Waals surface area contributed by atoms with Crippen LogP contribution in [0.1, 0.15) is 25.3 Å². The second kappa shape index (κ2) is 8.61. The molecule has 0 saturated carbocycles. The Labute approximate surface area is 178 Å². The number of hydrogen-bond acceptors (Lipinski definition) is 5. The fourth-order valence-corrected chi connectivity index (χ4v) is 3.83. The van der Waals surface area contributed by atoms with Gasteiger partial charge in [0.2, 0.25) is 0 Å². The molecule has 8 heteroatoms. The SMILES string of the molecule is COc1ccc(OCCCN2C(=O)C(O)(CC(C)=O)c3ccc(Cl)c(Cl)c32)cc1. The summed E-state index contributed by atoms with van der Waals surface area (Å²) in [6, 6.07) is 10.2. The maximum Gasteiger partial charge on any atom is 0.264 e. The zero-order valence-electron chi connectivity index (χ0n) is 16.1. The molecule has 1 amide bonds. The Kier molecular flexibility index (Phi) is 6.36. The Hall–Kier alpha value is -2.28. The lowest BCUT2D eigenvalue weighted by atomic mass is 9.90. The van der Waals surface area contributed by atoms with Crippen LogP contribution in [0.15, 0.2) is 36.4 Å². The second-order valence-corrected chi connectivity index (χ2v) is 7.62. The first-order valence-corrected chi connectivity index (χ1v) is 9.82. The lowest BCUT2D eigenvalue weighted by Crippen LogP contribution is -2.42. The summed E-state index contributed by atoms with van der Waals surface area (Å²) in [5.74, 6) is 0.514. The third kappa shape index (κ3) is 4.20. The first kappa shape index (κ1) is 21.4. The summed E-state index contributed by atoms with van der Waals surface area (Å²) in [7, 11) is 1.59. The van der Waals surface area contributed by atoms with Crippen LogP contribution in [-0.4, -0.2) is 37.1 Å². The Balaban J connectivity index is 1.74. The summed E-state index contributed by atoms with van der Waals surface area (Å²) in [5, 5.41) is 11.4. The molecule has 0 fully saturated rings. The van der Waals surface area contributed by atoms with Crippen molar-refractivity contribution in [3.05, 3.63) is 52.0 Å². The number of ketones is 1. The predicted octanol–water partition coefficient (Wildman–Crippen LogP) is 3.98. The molecule has 1 N–H and O–H groups in total. The average Bonchev–Trinajstić information content (AvgIpc) is 2.89. The van der Waals surface area contributed by atoms with E-state index in [1.807, 2.05) is 0 Å². The van der Waals surface area contributed by atoms with Crippen LogP contribution >= 0.6 is 23.2 Å². The molecule has 0 aliphatic carbocycles. The summed E-state index contributed by atoms with van der Waals surface area (Å²) in [4.78, 5) is 26.0. The Morgan fingerprint density at radius 2 is 1.79 bits per heavy atom. The minimum absolute atomic E-state index is 0.174. The molecule has 2 aromatic carbocycles. The van der Waals surface area contributed by atoms with Crippen molar-refractivity contribution in [1.29, 1.82) is 0 Å². The number of amides is 1. The van der Waals surface area contributed by atoms with Gasteiger partial charge in [-0.2, -0.15) is 0 Å². The standard InChI is InChI=1S/C21H21Cl2NO5/c1-13(25)12-21(27)16-8-9-17(22)18(23)19(16)24(20(21)26)10-3-11-29-15-6-4-14(28-2)5-7-15/h4-9,27H,3,10-12H2,1-2H3. The first-order valence-electron chi connectivity index (χ1n) is 9.07. The monoisotopic (exact) mass is 437 g/mol. The van der Waals surface area contributed by atoms with E-state index in [1.54, 1.807) is 31.4 Å². The van der Waals surface area contributed by atoms with E-state index in [2.05, 4.69) is 0 Å². The van der Waals surface area contributed by atoms with Crippen molar-refractivity contribution >= 4 is 40.6 Å². The first-order chi connectivity index (χ1) is 13.8. The number of benzene rings is 2. The molecule has 1 unspecified atom stereocenters. The fourth-order valence-electron chi connectivity index (χ4n) is 3.41. The minimum Gasteiger partial charge on any atom is -0.497 e. The molecule has 154 valence electrons. The molecule has 1 heterocycles. The molecule has 1 atom stereocenters. The van der Waals surface area contributed by atoms with Gasteiger partial charge in [-0.05, 0) is 43.7 Å². The van der Waals surface area contributed by atoms with Crippen LogP contribution in [0.3, 0.4) is 0 Å². The highest BCUT2D eigenvalue weighted by molar-refractivity contribution is 6.44. The number of methoxy groups -OCH3 is 1. The van der Waals surface area contributed by atoms with Gasteiger partial charge in [0.1, 0.15) is 17.3 Å². The normalized spacial score (nSPS) is 18.0. The maximum absolute atomic E-state index is 13.0. The van der Waals surface area contributed by atoms with Gasteiger partial charge in [-0.1, -0.05) is 29.3 Å². The van der Waals surface area contributed by atoms with Crippen LogP contribution in [-0.2, 0) is 15.2 Å². The lowest BCUT2D eigenvalue weighted by molar-refractivity contribution is -0.141. The van der Waals surface area contributed by atoms with Crippen molar-refractivity contribution in [2.24, 2.45) is 0 Å². The van der Waals surface area contributed by atoms with E-state index in [-0.39, 0.29) is 28.8 Å². The number of nitrogens with zero attached hydrogens (tertiary/aromatic N) is 1. The number of ether oxygens (including phenoxy) is 2. The van der Waals surface area contributed by atoms with E-state index in [0.717, 1.165) is 5.75 Å². The van der Waals surface area contributed by atoms with Crippen molar-refractivity contribution in [2.75, 3.05) is 25.2 Å². The molecule has 3 rings (SSSR count). The predicted molar refractivity (Wildman–Crippen MR) is 111 cm³/mol. The molecule has 0 bridgehead atoms. The summed E-state index contributed by atoms with van der Waals surface area (Å²) in [6.07, 6.45) is 0.159. The highest BCUT2D eigenvalue weighted by Gasteiger charge is 2.51. The largest absolute Gasteiger partial charge is 0.497 e. The van der Waals surface area contributed by atoms with Gasteiger partial charge in [-0.15, -0.1) is 0 Å². The lowest BCUT2D eigenvalue weighted by Gasteiger charge is -2.22. The molecular formula is C21H21Cl2NO5. The zero-order valence-corrected chi connectivity index (χ0v) is 17.6. The number of halogens is 2. The van der Waals surface area contributed by atoms with Crippen LogP contribution in [0.2, 0.25) is 10.0 Å². The molecule has 0 aromatic heterocycles. The third-order valence-corrected chi connectivity index (χ3v) is 5.54. The third-order valence-electron chi connectivity index (χ3n) is 4.74. The van der Waals surface area contributed by atoms with Gasteiger partial charge in [0, 0.05) is 18.5 Å². The average molecular weight is 438 g/mol. The van der Waals surface area contributed by atoms with Crippen molar-refractivity contribution in [2.45, 2.75) is 25.4 Å². The van der Waals surface area contributed by atoms with Crippen LogP contribution in [0.5, 0.6) is 11.5 Å². The second-order valence-electron chi connectivity index (χ2n) is 6.83. The van der Waals surface area contributed by atoms with Gasteiger partial charge in [0.15, 0.2) is 5.60 Å². The molecule has 0 spiro atoms. The highest BCUT2D eigenvalue weighted by Crippen LogP contribution is 2.48. The summed E-state index contributed by atoms with van der Waals surface area (Å²) < 4.78 is 10.8. The van der Waals surface area contributed by atoms with E-state index in [1.165, 1.54) is 24.0 Å². The van der Waals surface area contributed by atoms with Crippen molar-refractivity contribution in [3.8, 4) is 11.5 Å². The van der Waals surface area contributed by atoms with E-state index < -0.39 is 11.5 Å². The fraction of sp³-hybridized carbons (Fsp3) is 0.333. The molecule has 0 radical (unpaired) electrons. The van der Waals surface area contributed by atoms with Gasteiger partial charge < -0.3 is 19.5 Å². The number of hydrogen-bond donors (Lipinski definition) is 1. The van der Waals surface area contributed by atoms with Crippen LogP contribution in [0.4, 0.5) is 5.69 Å². The van der Waals surface area contributed by atoms with Gasteiger partial charge in [-0.3, -0.25) is 9.59 Å². The quantitative estimate of drug-likeness (QED) is 0.631. The highest BCUT2D eigenvalue weighted by atomic mass is 35.5. The number of fused-ring (bicyclic) bond motifs is 1. The topological polar surface area (TPSA) is 76.1 Å². The number of anilines is 1. The minimum atomic E-state index is -1.94. The summed E-state index contributed by atoms with van der Waals surface area (Å²) in [5.41, 5.74) is -1.30. The van der Waals surface area contributed by atoms with E-state index in [4.69, 9.17) is 32.7 Å². The number of Topliss-reactive ketones (excluding diaryl/α,β-unsaturated/α-hetero) is 1. The van der Waals surface area contributed by atoms with Gasteiger partial charge in [0.05, 0.1) is 29.4 Å². The van der Waals surface area contributed by atoms with Gasteiger partial charge >= 0.3 is 0 Å². The van der Waals surface area contributed by atoms with Gasteiger partial charge in [0.25, 0.3) is 5.91 Å². The van der Waals surface area contributed by atoms with Crippen LogP contribution in [0, 0.1) is 0 Å². The number of carbonyl (C=O) groups is 2. The van der Waals surface area contributed by atoms with E-state index in [9.17, 15) is 14.7 Å². The zero-order chi connectivity index (χ0) is 21.2. The van der Waals surface area contributed by atoms with Crippen molar-refractivity contribution in [1.82, 2.24) is 0 Å². The number of aliphatic hydroxyl groups is 1. The Morgan fingerprint density at radius 1 is 1.14 bits per heavy atom. The molecule has 1 aliphatic heterocycles. The molecule has 0 saturated heterocycles. The van der Waals surface area contributed by atoms with Crippen LogP contribution < -0.4 is 14.4 Å². The molecule has 1 aliphatic rings. The smallest absolute Gasteiger partial charge is 0.264 e. The summed E-state index contributed by atoms with van der Waals surface area (Å²) >= 11 is 12.5. The van der Waals surface area contributed by atoms with Crippen molar-refractivity contribution < 1.29 is 24.2 Å². The molecule has 2 aromatic rings. The van der Waals surface area contributed by atoms with E-state index >= 15 is 0 Å². The maximum atomic E-state index is 13.0. The molecular weight excluding hydrogens is 417 g/mol. The number of rotatable bonds is 8. The Morgan fingerprint density at radius 3 is 2.41 bits per heavy atom. The number of carbonyl (C=O) groups excluding carboxylic acids is 2. The van der Waals surface area contributed by atoms with Crippen LogP contribution in [0.25, 0.3) is 0 Å². The molecule has 29 heavy (non-hydrogen) atoms. The van der Waals surface area contributed by atoms with Crippen molar-refractivity contribution in [3.63, 3.8) is 0 Å². The van der Waals surface area contributed by atoms with E-state index in [0.29, 0.717) is 30.0 Å². The Bertz CT molecular complexity index is 931.